The Morgan fingerprint density at radius 3 is 2.63 bits per heavy atom. The van der Waals surface area contributed by atoms with Crippen LogP contribution in [-0.4, -0.2) is 49.2 Å². The summed E-state index contributed by atoms with van der Waals surface area (Å²) in [6, 6.07) is 0.426. The summed E-state index contributed by atoms with van der Waals surface area (Å²) >= 11 is 0. The molecule has 4 heteroatoms. The summed E-state index contributed by atoms with van der Waals surface area (Å²) in [5.41, 5.74) is -0.340. The first-order valence-corrected chi connectivity index (χ1v) is 7.33. The zero-order valence-corrected chi connectivity index (χ0v) is 13.4. The highest BCUT2D eigenvalue weighted by Gasteiger charge is 2.45. The van der Waals surface area contributed by atoms with Crippen LogP contribution in [-0.2, 0) is 9.53 Å². The van der Waals surface area contributed by atoms with Crippen LogP contribution in [0.25, 0.3) is 0 Å². The number of ether oxygens (including phenoxy) is 1. The lowest BCUT2D eigenvalue weighted by Crippen LogP contribution is -2.59. The fourth-order valence-corrected chi connectivity index (χ4v) is 3.03. The third kappa shape index (κ3) is 3.29. The molecule has 1 fully saturated rings. The smallest absolute Gasteiger partial charge is 0.326 e. The van der Waals surface area contributed by atoms with Gasteiger partial charge in [0, 0.05) is 11.6 Å². The lowest BCUT2D eigenvalue weighted by atomic mass is 9.77. The molecular formula is C15H30N2O2. The van der Waals surface area contributed by atoms with Crippen LogP contribution in [0.3, 0.4) is 0 Å². The zero-order valence-electron chi connectivity index (χ0n) is 13.4. The lowest BCUT2D eigenvalue weighted by Gasteiger charge is -2.47. The van der Waals surface area contributed by atoms with Crippen molar-refractivity contribution in [3.05, 3.63) is 0 Å². The molecule has 1 rings (SSSR count). The minimum Gasteiger partial charge on any atom is -0.468 e. The maximum Gasteiger partial charge on any atom is 0.326 e. The topological polar surface area (TPSA) is 41.6 Å². The molecule has 0 aromatic heterocycles. The van der Waals surface area contributed by atoms with Crippen molar-refractivity contribution in [2.45, 2.75) is 70.0 Å². The van der Waals surface area contributed by atoms with Gasteiger partial charge in [0.05, 0.1) is 7.11 Å². The number of nitrogens with one attached hydrogen (secondary N) is 1. The Morgan fingerprint density at radius 1 is 1.53 bits per heavy atom. The highest BCUT2D eigenvalue weighted by Crippen LogP contribution is 2.34. The fourth-order valence-electron chi connectivity index (χ4n) is 3.03. The van der Waals surface area contributed by atoms with Crippen molar-refractivity contribution >= 4 is 5.97 Å². The molecule has 1 aliphatic carbocycles. The van der Waals surface area contributed by atoms with Gasteiger partial charge in [0.2, 0.25) is 0 Å². The van der Waals surface area contributed by atoms with Crippen LogP contribution in [0.2, 0.25) is 0 Å². The van der Waals surface area contributed by atoms with Crippen molar-refractivity contribution < 1.29 is 9.53 Å². The third-order valence-electron chi connectivity index (χ3n) is 5.15. The summed E-state index contributed by atoms with van der Waals surface area (Å²) in [6.07, 6.45) is 5.01. The van der Waals surface area contributed by atoms with E-state index in [1.165, 1.54) is 7.11 Å². The monoisotopic (exact) mass is 270 g/mol. The standard InChI is InChI=1S/C15H30N2O2/c1-7-14(2,3)17(5)12-9-8-10-15(11-12,16-4)13(18)19-6/h12,16H,7-11H2,1-6H3. The summed E-state index contributed by atoms with van der Waals surface area (Å²) in [7, 11) is 5.52. The van der Waals surface area contributed by atoms with E-state index in [0.29, 0.717) is 6.04 Å². The SMILES string of the molecule is CCC(C)(C)N(C)C1CCCC(NC)(C(=O)OC)C1. The minimum absolute atomic E-state index is 0.123. The molecule has 0 heterocycles. The number of nitrogens with zero attached hydrogens (tertiary/aromatic N) is 1. The summed E-state index contributed by atoms with van der Waals surface area (Å²) in [6.45, 7) is 6.74. The van der Waals surface area contributed by atoms with Gasteiger partial charge < -0.3 is 10.1 Å². The minimum atomic E-state index is -0.504. The van der Waals surface area contributed by atoms with Gasteiger partial charge in [-0.15, -0.1) is 0 Å². The predicted molar refractivity (Wildman–Crippen MR) is 78.2 cm³/mol. The van der Waals surface area contributed by atoms with E-state index in [1.54, 1.807) is 0 Å². The maximum atomic E-state index is 12.1. The van der Waals surface area contributed by atoms with Crippen LogP contribution in [0, 0.1) is 0 Å². The summed E-state index contributed by atoms with van der Waals surface area (Å²) < 4.78 is 5.00. The molecule has 0 aromatic rings. The zero-order chi connectivity index (χ0) is 14.7. The van der Waals surface area contributed by atoms with Crippen LogP contribution in [0.1, 0.15) is 52.9 Å². The highest BCUT2D eigenvalue weighted by atomic mass is 16.5. The number of esters is 1. The van der Waals surface area contributed by atoms with E-state index in [2.05, 4.69) is 38.0 Å². The number of rotatable bonds is 5. The Bertz CT molecular complexity index is 317. The molecule has 1 N–H and O–H groups in total. The third-order valence-corrected chi connectivity index (χ3v) is 5.15. The largest absolute Gasteiger partial charge is 0.468 e. The van der Waals surface area contributed by atoms with Gasteiger partial charge in [-0.2, -0.15) is 0 Å². The van der Waals surface area contributed by atoms with Gasteiger partial charge in [-0.3, -0.25) is 9.69 Å². The van der Waals surface area contributed by atoms with E-state index >= 15 is 0 Å². The molecule has 2 atom stereocenters. The van der Waals surface area contributed by atoms with E-state index < -0.39 is 5.54 Å². The Morgan fingerprint density at radius 2 is 2.16 bits per heavy atom. The lowest BCUT2D eigenvalue weighted by molar-refractivity contribution is -0.151. The number of hydrogen-bond donors (Lipinski definition) is 1. The molecule has 1 saturated carbocycles. The Hall–Kier alpha value is -0.610. The van der Waals surface area contributed by atoms with Crippen molar-refractivity contribution in [1.29, 1.82) is 0 Å². The van der Waals surface area contributed by atoms with Gasteiger partial charge in [-0.1, -0.05) is 6.92 Å². The van der Waals surface area contributed by atoms with Gasteiger partial charge in [0.1, 0.15) is 5.54 Å². The summed E-state index contributed by atoms with van der Waals surface area (Å²) in [5, 5.41) is 3.22. The molecule has 0 aromatic carbocycles. The second-order valence-corrected chi connectivity index (χ2v) is 6.35. The van der Waals surface area contributed by atoms with Gasteiger partial charge in [-0.05, 0) is 60.0 Å². The average Bonchev–Trinajstić information content (AvgIpc) is 2.45. The van der Waals surface area contributed by atoms with Crippen LogP contribution >= 0.6 is 0 Å². The average molecular weight is 270 g/mol. The summed E-state index contributed by atoms with van der Waals surface area (Å²) in [5.74, 6) is -0.123. The van der Waals surface area contributed by atoms with Crippen molar-refractivity contribution in [3.8, 4) is 0 Å². The number of likely N-dealkylation sites (N-methyl/N-ethyl adjacent to an activating group) is 1. The van der Waals surface area contributed by atoms with E-state index in [4.69, 9.17) is 4.74 Å². The van der Waals surface area contributed by atoms with Crippen LogP contribution < -0.4 is 5.32 Å². The molecule has 2 unspecified atom stereocenters. The number of carbonyl (C=O) groups is 1. The molecular weight excluding hydrogens is 240 g/mol. The molecule has 1 aliphatic rings. The quantitative estimate of drug-likeness (QED) is 0.778. The molecule has 0 bridgehead atoms. The van der Waals surface area contributed by atoms with E-state index in [-0.39, 0.29) is 11.5 Å². The summed E-state index contributed by atoms with van der Waals surface area (Å²) in [4.78, 5) is 14.5. The second-order valence-electron chi connectivity index (χ2n) is 6.35. The second kappa shape index (κ2) is 6.23. The van der Waals surface area contributed by atoms with Gasteiger partial charge in [0.25, 0.3) is 0 Å². The maximum absolute atomic E-state index is 12.1. The van der Waals surface area contributed by atoms with Crippen LogP contribution in [0.5, 0.6) is 0 Å². The van der Waals surface area contributed by atoms with Crippen LogP contribution in [0.4, 0.5) is 0 Å². The van der Waals surface area contributed by atoms with Crippen molar-refractivity contribution in [2.75, 3.05) is 21.2 Å². The fraction of sp³-hybridized carbons (Fsp3) is 0.933. The Labute approximate surface area is 117 Å². The van der Waals surface area contributed by atoms with Gasteiger partial charge in [0.15, 0.2) is 0 Å². The Balaban J connectivity index is 2.87. The van der Waals surface area contributed by atoms with Gasteiger partial charge >= 0.3 is 5.97 Å². The van der Waals surface area contributed by atoms with E-state index in [0.717, 1.165) is 32.1 Å². The van der Waals surface area contributed by atoms with E-state index in [9.17, 15) is 4.79 Å². The predicted octanol–water partition coefficient (Wildman–Crippen LogP) is 2.18. The molecule has 0 amide bonds. The molecule has 19 heavy (non-hydrogen) atoms. The van der Waals surface area contributed by atoms with Gasteiger partial charge in [-0.25, -0.2) is 0 Å². The highest BCUT2D eigenvalue weighted by molar-refractivity contribution is 5.81. The number of carbonyl (C=O) groups excluding carboxylic acids is 1. The van der Waals surface area contributed by atoms with Crippen molar-refractivity contribution in [2.24, 2.45) is 0 Å². The van der Waals surface area contributed by atoms with E-state index in [1.807, 2.05) is 7.05 Å². The molecule has 0 saturated heterocycles. The number of methoxy groups -OCH3 is 1. The van der Waals surface area contributed by atoms with Crippen LogP contribution in [0.15, 0.2) is 0 Å². The molecule has 4 nitrogen and oxygen atoms in total. The first-order valence-electron chi connectivity index (χ1n) is 7.33. The Kier molecular flexibility index (Phi) is 5.39. The molecule has 0 radical (unpaired) electrons. The first-order chi connectivity index (χ1) is 8.83. The first kappa shape index (κ1) is 16.4. The van der Waals surface area contributed by atoms with Crippen molar-refractivity contribution in [1.82, 2.24) is 10.2 Å². The molecule has 0 aliphatic heterocycles. The van der Waals surface area contributed by atoms with Crippen molar-refractivity contribution in [3.63, 3.8) is 0 Å². The molecule has 112 valence electrons. The number of hydrogen-bond acceptors (Lipinski definition) is 4. The normalized spacial score (nSPS) is 28.5. The molecule has 0 spiro atoms.